The van der Waals surface area contributed by atoms with Gasteiger partial charge >= 0.3 is 0 Å². The van der Waals surface area contributed by atoms with E-state index in [2.05, 4.69) is 10.3 Å². The van der Waals surface area contributed by atoms with Crippen molar-refractivity contribution in [2.24, 2.45) is 7.05 Å². The van der Waals surface area contributed by atoms with Crippen LogP contribution in [0.2, 0.25) is 0 Å². The van der Waals surface area contributed by atoms with Gasteiger partial charge in [-0.15, -0.1) is 22.7 Å². The molecule has 0 radical (unpaired) electrons. The molecule has 0 fully saturated rings. The molecule has 1 N–H and O–H groups in total. The number of amides is 2. The van der Waals surface area contributed by atoms with Gasteiger partial charge < -0.3 is 33.9 Å². The van der Waals surface area contributed by atoms with Crippen LogP contribution in [0.1, 0.15) is 63.6 Å². The number of aryl methyl sites for hydroxylation is 1. The van der Waals surface area contributed by atoms with Crippen LogP contribution < -0.4 is 25.1 Å². The Morgan fingerprint density at radius 1 is 1.11 bits per heavy atom. The molecule has 0 spiro atoms. The van der Waals surface area contributed by atoms with E-state index in [1.165, 1.54) is 22.7 Å². The van der Waals surface area contributed by atoms with Gasteiger partial charge in [0.2, 0.25) is 0 Å². The number of thiophene rings is 1. The zero-order chi connectivity index (χ0) is 39.9. The van der Waals surface area contributed by atoms with Gasteiger partial charge in [0, 0.05) is 54.7 Å². The molecule has 1 aliphatic rings. The number of hydrogen-bond acceptors (Lipinski definition) is 11. The predicted molar refractivity (Wildman–Crippen MR) is 221 cm³/mol. The molecular formula is C42H46N6O6S2. The van der Waals surface area contributed by atoms with Crippen LogP contribution in [-0.4, -0.2) is 79.2 Å². The second-order valence-corrected chi connectivity index (χ2v) is 15.9. The molecule has 1 unspecified atom stereocenters. The molecule has 4 heterocycles. The van der Waals surface area contributed by atoms with E-state index < -0.39 is 0 Å². The third kappa shape index (κ3) is 8.81. The minimum atomic E-state index is -0.290. The zero-order valence-electron chi connectivity index (χ0n) is 32.5. The highest BCUT2D eigenvalue weighted by Crippen LogP contribution is 2.40. The van der Waals surface area contributed by atoms with Gasteiger partial charge in [0.05, 0.1) is 42.7 Å². The van der Waals surface area contributed by atoms with Crippen LogP contribution >= 0.6 is 22.7 Å². The van der Waals surface area contributed by atoms with Crippen LogP contribution in [0.5, 0.6) is 17.2 Å². The Morgan fingerprint density at radius 3 is 2.55 bits per heavy atom. The predicted octanol–water partition coefficient (Wildman–Crippen LogP) is 6.83. The maximum atomic E-state index is 13.3. The molecule has 3 aromatic heterocycles. The van der Waals surface area contributed by atoms with Crippen LogP contribution in [0.15, 0.2) is 64.5 Å². The number of rotatable bonds is 15. The number of carbonyl (C=O) groups excluding carboxylic acids is 2. The number of nitriles is 1. The first-order valence-corrected chi connectivity index (χ1v) is 20.1. The molecule has 14 heteroatoms. The Morgan fingerprint density at radius 2 is 1.88 bits per heavy atom. The number of hydrogen-bond donors (Lipinski definition) is 1. The molecule has 0 saturated carbocycles. The molecule has 0 bridgehead atoms. The van der Waals surface area contributed by atoms with Crippen molar-refractivity contribution in [2.45, 2.75) is 45.2 Å². The molecule has 292 valence electrons. The van der Waals surface area contributed by atoms with Crippen LogP contribution in [-0.2, 0) is 24.8 Å². The first-order chi connectivity index (χ1) is 27.0. The molecule has 0 saturated heterocycles. The standard InChI is InChI=1S/C42H46N6O6S2/c1-26-31-11-10-30(18-27(31)12-15-48(26)41(50)29(23-43)21-38-44-14-17-55-38)54-16-9-7-8-13-45-40(49)37-22-32-39(56-37)33(25-47(4)42(32)51)28-19-35(52-5)34(24-46(2)3)36(20-28)53-6/h10-11,14,17-22,25-26H,7-9,12-13,15-16,24H2,1-6H3,(H,45,49)/b29-21+. The summed E-state index contributed by atoms with van der Waals surface area (Å²) >= 11 is 2.68. The number of unbranched alkanes of at least 4 members (excludes halogenated alkanes) is 2. The first-order valence-electron chi connectivity index (χ1n) is 18.4. The molecule has 5 aromatic rings. The van der Waals surface area contributed by atoms with E-state index in [9.17, 15) is 19.6 Å². The van der Waals surface area contributed by atoms with Crippen LogP contribution in [0.25, 0.3) is 27.3 Å². The number of ether oxygens (including phenoxy) is 3. The van der Waals surface area contributed by atoms with Gasteiger partial charge in [-0.05, 0) is 99.8 Å². The molecule has 1 aliphatic heterocycles. The molecule has 0 aliphatic carbocycles. The molecule has 2 amide bonds. The Kier molecular flexibility index (Phi) is 12.9. The number of carbonyl (C=O) groups is 2. The monoisotopic (exact) mass is 794 g/mol. The first kappa shape index (κ1) is 40.2. The van der Waals surface area contributed by atoms with E-state index >= 15 is 0 Å². The van der Waals surface area contributed by atoms with Crippen molar-refractivity contribution in [2.75, 3.05) is 48.0 Å². The van der Waals surface area contributed by atoms with Crippen molar-refractivity contribution in [3.05, 3.63) is 96.7 Å². The minimum Gasteiger partial charge on any atom is -0.496 e. The topological polar surface area (TPSA) is 139 Å². The summed E-state index contributed by atoms with van der Waals surface area (Å²) in [5.74, 6) is 1.64. The Hall–Kier alpha value is -5.49. The van der Waals surface area contributed by atoms with Crippen molar-refractivity contribution in [3.8, 4) is 34.4 Å². The lowest BCUT2D eigenvalue weighted by molar-refractivity contribution is -0.129. The van der Waals surface area contributed by atoms with Crippen LogP contribution in [0.3, 0.4) is 0 Å². The maximum absolute atomic E-state index is 13.3. The van der Waals surface area contributed by atoms with Gasteiger partial charge in [0.1, 0.15) is 33.9 Å². The highest BCUT2D eigenvalue weighted by atomic mass is 32.1. The quantitative estimate of drug-likeness (QED) is 0.0686. The summed E-state index contributed by atoms with van der Waals surface area (Å²) in [6, 6.07) is 13.4. The van der Waals surface area contributed by atoms with Crippen LogP contribution in [0.4, 0.5) is 0 Å². The van der Waals surface area contributed by atoms with Crippen molar-refractivity contribution in [1.29, 1.82) is 5.26 Å². The van der Waals surface area contributed by atoms with E-state index in [0.717, 1.165) is 57.5 Å². The van der Waals surface area contributed by atoms with Gasteiger partial charge in [0.25, 0.3) is 17.4 Å². The summed E-state index contributed by atoms with van der Waals surface area (Å²) in [6.07, 6.45) is 8.12. The van der Waals surface area contributed by atoms with Crippen molar-refractivity contribution in [1.82, 2.24) is 24.7 Å². The number of nitrogens with one attached hydrogen (secondary N) is 1. The largest absolute Gasteiger partial charge is 0.496 e. The lowest BCUT2D eigenvalue weighted by Gasteiger charge is -2.35. The second-order valence-electron chi connectivity index (χ2n) is 13.9. The number of methoxy groups -OCH3 is 2. The van der Waals surface area contributed by atoms with Gasteiger partial charge in [-0.3, -0.25) is 14.4 Å². The average Bonchev–Trinajstić information content (AvgIpc) is 3.89. The number of nitrogens with zero attached hydrogens (tertiary/aromatic N) is 5. The molecular weight excluding hydrogens is 749 g/mol. The van der Waals surface area contributed by atoms with Crippen molar-refractivity contribution in [3.63, 3.8) is 0 Å². The van der Waals surface area contributed by atoms with E-state index in [-0.39, 0.29) is 29.0 Å². The highest BCUT2D eigenvalue weighted by molar-refractivity contribution is 7.21. The highest BCUT2D eigenvalue weighted by Gasteiger charge is 2.30. The maximum Gasteiger partial charge on any atom is 0.265 e. The van der Waals surface area contributed by atoms with Crippen LogP contribution in [0, 0.1) is 11.3 Å². The summed E-state index contributed by atoms with van der Waals surface area (Å²) in [5, 5.41) is 15.6. The molecule has 12 nitrogen and oxygen atoms in total. The van der Waals surface area contributed by atoms with Gasteiger partial charge in [-0.2, -0.15) is 5.26 Å². The van der Waals surface area contributed by atoms with Gasteiger partial charge in [-0.25, -0.2) is 4.98 Å². The third-order valence-electron chi connectivity index (χ3n) is 9.83. The number of pyridine rings is 1. The lowest BCUT2D eigenvalue weighted by atomic mass is 9.92. The SMILES string of the molecule is COc1cc(-c2cn(C)c(=O)c3cc(C(=O)NCCCCCOc4ccc5c(c4)CCN(C(=O)/C(C#N)=C/c4nccs4)C5C)sc23)cc(OC)c1CN(C)C. The van der Waals surface area contributed by atoms with E-state index in [4.69, 9.17) is 14.2 Å². The average molecular weight is 795 g/mol. The van der Waals surface area contributed by atoms with Crippen molar-refractivity contribution < 1.29 is 23.8 Å². The summed E-state index contributed by atoms with van der Waals surface area (Å²) in [4.78, 5) is 48.1. The second kappa shape index (κ2) is 18.0. The van der Waals surface area contributed by atoms with E-state index in [0.29, 0.717) is 59.4 Å². The fraction of sp³-hybridized carbons (Fsp3) is 0.357. The normalized spacial score (nSPS) is 14.1. The Labute approximate surface area is 334 Å². The lowest BCUT2D eigenvalue weighted by Crippen LogP contribution is -2.39. The fourth-order valence-corrected chi connectivity index (χ4v) is 8.63. The van der Waals surface area contributed by atoms with E-state index in [1.54, 1.807) is 55.3 Å². The minimum absolute atomic E-state index is 0.0806. The summed E-state index contributed by atoms with van der Waals surface area (Å²) in [5.41, 5.74) is 4.65. The number of benzene rings is 2. The molecule has 6 rings (SSSR count). The molecule has 2 aromatic carbocycles. The third-order valence-corrected chi connectivity index (χ3v) is 11.7. The molecule has 56 heavy (non-hydrogen) atoms. The summed E-state index contributed by atoms with van der Waals surface area (Å²) < 4.78 is 19.8. The van der Waals surface area contributed by atoms with E-state index in [1.807, 2.05) is 67.7 Å². The number of fused-ring (bicyclic) bond motifs is 2. The Bertz CT molecular complexity index is 2330. The fourth-order valence-electron chi connectivity index (χ4n) is 6.96. The number of aromatic nitrogens is 2. The van der Waals surface area contributed by atoms with Crippen molar-refractivity contribution >= 4 is 50.7 Å². The van der Waals surface area contributed by atoms with Gasteiger partial charge in [0.15, 0.2) is 0 Å². The smallest absolute Gasteiger partial charge is 0.265 e. The molecule has 1 atom stereocenters. The Balaban J connectivity index is 1.01. The summed E-state index contributed by atoms with van der Waals surface area (Å²) in [6.45, 7) is 4.15. The number of thiazole rings is 1. The zero-order valence-corrected chi connectivity index (χ0v) is 34.1. The van der Waals surface area contributed by atoms with Gasteiger partial charge in [-0.1, -0.05) is 6.07 Å². The summed E-state index contributed by atoms with van der Waals surface area (Å²) in [7, 11) is 8.93.